The van der Waals surface area contributed by atoms with Crippen LogP contribution in [0.25, 0.3) is 0 Å². The van der Waals surface area contributed by atoms with Gasteiger partial charge in [0.05, 0.1) is 0 Å². The highest BCUT2D eigenvalue weighted by Gasteiger charge is 2.15. The topological polar surface area (TPSA) is 15.3 Å². The molecular formula is C18H30N2. The molecule has 112 valence electrons. The van der Waals surface area contributed by atoms with Crippen LogP contribution in [0.4, 0.5) is 0 Å². The van der Waals surface area contributed by atoms with E-state index in [0.717, 1.165) is 31.5 Å². The van der Waals surface area contributed by atoms with E-state index in [4.69, 9.17) is 0 Å². The first kappa shape index (κ1) is 15.5. The molecule has 1 aliphatic heterocycles. The van der Waals surface area contributed by atoms with Gasteiger partial charge in [-0.25, -0.2) is 0 Å². The van der Waals surface area contributed by atoms with Crippen LogP contribution in [-0.4, -0.2) is 24.5 Å². The van der Waals surface area contributed by atoms with Crippen LogP contribution in [-0.2, 0) is 13.1 Å². The summed E-state index contributed by atoms with van der Waals surface area (Å²) in [5.74, 6) is 1.58. The summed E-state index contributed by atoms with van der Waals surface area (Å²) < 4.78 is 0. The minimum absolute atomic E-state index is 0.718. The second-order valence-corrected chi connectivity index (χ2v) is 6.82. The smallest absolute Gasteiger partial charge is 0.0233 e. The van der Waals surface area contributed by atoms with E-state index < -0.39 is 0 Å². The van der Waals surface area contributed by atoms with Crippen molar-refractivity contribution >= 4 is 0 Å². The van der Waals surface area contributed by atoms with Gasteiger partial charge in [0.25, 0.3) is 0 Å². The molecule has 2 rings (SSSR count). The van der Waals surface area contributed by atoms with E-state index in [-0.39, 0.29) is 0 Å². The summed E-state index contributed by atoms with van der Waals surface area (Å²) in [5, 5.41) is 3.50. The first-order valence-corrected chi connectivity index (χ1v) is 8.14. The van der Waals surface area contributed by atoms with E-state index in [2.05, 4.69) is 55.3 Å². The zero-order valence-corrected chi connectivity index (χ0v) is 13.4. The highest BCUT2D eigenvalue weighted by atomic mass is 15.1. The number of piperidine rings is 1. The number of nitrogens with one attached hydrogen (secondary N) is 1. The normalized spacial score (nSPS) is 20.5. The summed E-state index contributed by atoms with van der Waals surface area (Å²) in [7, 11) is 0. The summed E-state index contributed by atoms with van der Waals surface area (Å²) in [4.78, 5) is 2.60. The fourth-order valence-corrected chi connectivity index (χ4v) is 2.96. The van der Waals surface area contributed by atoms with Gasteiger partial charge in [-0.15, -0.1) is 0 Å². The Morgan fingerprint density at radius 3 is 2.55 bits per heavy atom. The molecule has 0 spiro atoms. The van der Waals surface area contributed by atoms with Crippen LogP contribution in [0.15, 0.2) is 24.3 Å². The van der Waals surface area contributed by atoms with Crippen LogP contribution in [0.2, 0.25) is 0 Å². The van der Waals surface area contributed by atoms with Crippen molar-refractivity contribution < 1.29 is 0 Å². The van der Waals surface area contributed by atoms with Gasteiger partial charge in [-0.2, -0.15) is 0 Å². The standard InChI is InChI=1S/C18H30N2/c1-15(2)11-19-12-17-6-8-18(9-7-17)14-20-10-4-5-16(3)13-20/h6-9,15-16,19H,4-5,10-14H2,1-3H3. The van der Waals surface area contributed by atoms with Crippen molar-refractivity contribution in [3.05, 3.63) is 35.4 Å². The lowest BCUT2D eigenvalue weighted by molar-refractivity contribution is 0.176. The van der Waals surface area contributed by atoms with Crippen molar-refractivity contribution in [2.24, 2.45) is 11.8 Å². The number of nitrogens with zero attached hydrogens (tertiary/aromatic N) is 1. The highest BCUT2D eigenvalue weighted by molar-refractivity contribution is 5.22. The first-order valence-electron chi connectivity index (χ1n) is 8.14. The monoisotopic (exact) mass is 274 g/mol. The van der Waals surface area contributed by atoms with Crippen LogP contribution >= 0.6 is 0 Å². The fourth-order valence-electron chi connectivity index (χ4n) is 2.96. The molecule has 0 aliphatic carbocycles. The molecule has 1 N–H and O–H groups in total. The molecule has 1 heterocycles. The molecule has 1 atom stereocenters. The lowest BCUT2D eigenvalue weighted by Gasteiger charge is -2.30. The Morgan fingerprint density at radius 2 is 1.90 bits per heavy atom. The largest absolute Gasteiger partial charge is 0.312 e. The molecule has 0 bridgehead atoms. The van der Waals surface area contributed by atoms with Crippen LogP contribution in [0.5, 0.6) is 0 Å². The SMILES string of the molecule is CC(C)CNCc1ccc(CN2CCCC(C)C2)cc1. The van der Waals surface area contributed by atoms with E-state index >= 15 is 0 Å². The quantitative estimate of drug-likeness (QED) is 0.851. The Balaban J connectivity index is 1.79. The van der Waals surface area contributed by atoms with Crippen molar-refractivity contribution in [1.82, 2.24) is 10.2 Å². The minimum atomic E-state index is 0.718. The second-order valence-electron chi connectivity index (χ2n) is 6.82. The number of hydrogen-bond donors (Lipinski definition) is 1. The van der Waals surface area contributed by atoms with E-state index in [1.54, 1.807) is 0 Å². The minimum Gasteiger partial charge on any atom is -0.312 e. The van der Waals surface area contributed by atoms with Crippen LogP contribution in [0.3, 0.4) is 0 Å². The second kappa shape index (κ2) is 7.80. The van der Waals surface area contributed by atoms with Gasteiger partial charge in [-0.05, 0) is 48.9 Å². The molecule has 2 nitrogen and oxygen atoms in total. The van der Waals surface area contributed by atoms with Gasteiger partial charge in [-0.3, -0.25) is 4.90 Å². The molecule has 1 unspecified atom stereocenters. The number of hydrogen-bond acceptors (Lipinski definition) is 2. The first-order chi connectivity index (χ1) is 9.63. The molecule has 1 saturated heterocycles. The Kier molecular flexibility index (Phi) is 6.06. The average Bonchev–Trinajstić information content (AvgIpc) is 2.40. The molecule has 1 aromatic rings. The van der Waals surface area contributed by atoms with Crippen molar-refractivity contribution in [2.45, 2.75) is 46.7 Å². The molecule has 20 heavy (non-hydrogen) atoms. The summed E-state index contributed by atoms with van der Waals surface area (Å²) >= 11 is 0. The number of benzene rings is 1. The molecule has 1 aromatic carbocycles. The Bertz CT molecular complexity index is 383. The third-order valence-electron chi connectivity index (χ3n) is 4.05. The molecule has 1 fully saturated rings. The highest BCUT2D eigenvalue weighted by Crippen LogP contribution is 2.18. The summed E-state index contributed by atoms with van der Waals surface area (Å²) in [5.41, 5.74) is 2.84. The van der Waals surface area contributed by atoms with E-state index in [0.29, 0.717) is 0 Å². The third kappa shape index (κ3) is 5.26. The summed E-state index contributed by atoms with van der Waals surface area (Å²) in [6.45, 7) is 12.6. The van der Waals surface area contributed by atoms with Gasteiger partial charge < -0.3 is 5.32 Å². The maximum Gasteiger partial charge on any atom is 0.0233 e. The maximum absolute atomic E-state index is 3.50. The zero-order valence-electron chi connectivity index (χ0n) is 13.4. The lowest BCUT2D eigenvalue weighted by atomic mass is 9.99. The number of rotatable bonds is 6. The van der Waals surface area contributed by atoms with Gasteiger partial charge in [0.2, 0.25) is 0 Å². The summed E-state index contributed by atoms with van der Waals surface area (Å²) in [6, 6.07) is 9.14. The Labute approximate surface area is 124 Å². The van der Waals surface area contributed by atoms with E-state index in [1.807, 2.05) is 0 Å². The predicted molar refractivity (Wildman–Crippen MR) is 86.7 cm³/mol. The lowest BCUT2D eigenvalue weighted by Crippen LogP contribution is -2.33. The van der Waals surface area contributed by atoms with Gasteiger partial charge >= 0.3 is 0 Å². The zero-order chi connectivity index (χ0) is 14.4. The predicted octanol–water partition coefficient (Wildman–Crippen LogP) is 3.66. The van der Waals surface area contributed by atoms with Crippen LogP contribution in [0.1, 0.15) is 44.7 Å². The third-order valence-corrected chi connectivity index (χ3v) is 4.05. The molecular weight excluding hydrogens is 244 g/mol. The molecule has 0 aromatic heterocycles. The molecule has 0 amide bonds. The molecule has 1 aliphatic rings. The van der Waals surface area contributed by atoms with Gasteiger partial charge in [0.1, 0.15) is 0 Å². The van der Waals surface area contributed by atoms with Gasteiger partial charge in [0.15, 0.2) is 0 Å². The number of likely N-dealkylation sites (tertiary alicyclic amines) is 1. The van der Waals surface area contributed by atoms with Crippen molar-refractivity contribution in [3.63, 3.8) is 0 Å². The summed E-state index contributed by atoms with van der Waals surface area (Å²) in [6.07, 6.45) is 2.76. The fraction of sp³-hybridized carbons (Fsp3) is 0.667. The van der Waals surface area contributed by atoms with Crippen molar-refractivity contribution in [2.75, 3.05) is 19.6 Å². The Hall–Kier alpha value is -0.860. The van der Waals surface area contributed by atoms with Crippen LogP contribution in [0, 0.1) is 11.8 Å². The van der Waals surface area contributed by atoms with Gasteiger partial charge in [0, 0.05) is 19.6 Å². The Morgan fingerprint density at radius 1 is 1.20 bits per heavy atom. The molecule has 0 saturated carbocycles. The van der Waals surface area contributed by atoms with Gasteiger partial charge in [-0.1, -0.05) is 45.0 Å². The van der Waals surface area contributed by atoms with E-state index in [9.17, 15) is 0 Å². The maximum atomic E-state index is 3.50. The molecule has 0 radical (unpaired) electrons. The van der Waals surface area contributed by atoms with Crippen molar-refractivity contribution in [3.8, 4) is 0 Å². The molecule has 2 heteroatoms. The average molecular weight is 274 g/mol. The van der Waals surface area contributed by atoms with E-state index in [1.165, 1.54) is 37.1 Å². The van der Waals surface area contributed by atoms with Crippen LogP contribution < -0.4 is 5.32 Å². The van der Waals surface area contributed by atoms with Crippen molar-refractivity contribution in [1.29, 1.82) is 0 Å².